The second-order valence-electron chi connectivity index (χ2n) is 2.80. The predicted molar refractivity (Wildman–Crippen MR) is 37.9 cm³/mol. The van der Waals surface area contributed by atoms with Crippen molar-refractivity contribution in [2.45, 2.75) is 31.6 Å². The molecule has 0 aliphatic heterocycles. The SMILES string of the molecule is C#CC1CCC(F)(F)CC1.[HH]. The van der Waals surface area contributed by atoms with Gasteiger partial charge in [0.25, 0.3) is 0 Å². The minimum Gasteiger partial charge on any atom is -0.207 e. The van der Waals surface area contributed by atoms with E-state index in [0.29, 0.717) is 12.8 Å². The molecule has 58 valence electrons. The molecule has 0 N–H and O–H groups in total. The molecule has 0 aromatic rings. The Morgan fingerprint density at radius 1 is 1.40 bits per heavy atom. The van der Waals surface area contributed by atoms with Gasteiger partial charge in [-0.2, -0.15) is 0 Å². The van der Waals surface area contributed by atoms with Crippen molar-refractivity contribution in [2.24, 2.45) is 5.92 Å². The zero-order valence-electron chi connectivity index (χ0n) is 5.74. The Morgan fingerprint density at radius 2 is 1.90 bits per heavy atom. The van der Waals surface area contributed by atoms with Gasteiger partial charge >= 0.3 is 0 Å². The van der Waals surface area contributed by atoms with E-state index in [1.807, 2.05) is 0 Å². The van der Waals surface area contributed by atoms with Crippen LogP contribution in [0.25, 0.3) is 0 Å². The highest BCUT2D eigenvalue weighted by molar-refractivity contribution is 4.96. The molecule has 0 nitrogen and oxygen atoms in total. The summed E-state index contributed by atoms with van der Waals surface area (Å²) in [7, 11) is 0. The van der Waals surface area contributed by atoms with Crippen molar-refractivity contribution in [1.82, 2.24) is 0 Å². The molecule has 1 aliphatic carbocycles. The van der Waals surface area contributed by atoms with Gasteiger partial charge in [-0.05, 0) is 12.8 Å². The lowest BCUT2D eigenvalue weighted by Gasteiger charge is -2.24. The molecule has 0 heterocycles. The van der Waals surface area contributed by atoms with E-state index >= 15 is 0 Å². The van der Waals surface area contributed by atoms with E-state index in [1.165, 1.54) is 0 Å². The first-order valence-electron chi connectivity index (χ1n) is 3.48. The van der Waals surface area contributed by atoms with Crippen LogP contribution in [-0.4, -0.2) is 5.92 Å². The summed E-state index contributed by atoms with van der Waals surface area (Å²) in [6, 6.07) is 0. The zero-order chi connectivity index (χ0) is 7.61. The van der Waals surface area contributed by atoms with Crippen molar-refractivity contribution in [2.75, 3.05) is 0 Å². The van der Waals surface area contributed by atoms with E-state index in [9.17, 15) is 8.78 Å². The Bertz CT molecular complexity index is 150. The highest BCUT2D eigenvalue weighted by Crippen LogP contribution is 2.35. The lowest BCUT2D eigenvalue weighted by Crippen LogP contribution is -2.23. The van der Waals surface area contributed by atoms with Crippen molar-refractivity contribution in [3.8, 4) is 12.3 Å². The van der Waals surface area contributed by atoms with Gasteiger partial charge in [-0.3, -0.25) is 0 Å². The normalized spacial score (nSPS) is 25.7. The molecule has 0 aromatic heterocycles. The molecule has 0 radical (unpaired) electrons. The minimum atomic E-state index is -2.44. The van der Waals surface area contributed by atoms with E-state index in [4.69, 9.17) is 6.42 Å². The first kappa shape index (κ1) is 7.53. The van der Waals surface area contributed by atoms with Crippen LogP contribution < -0.4 is 0 Å². The molecule has 0 bridgehead atoms. The van der Waals surface area contributed by atoms with Crippen molar-refractivity contribution in [3.63, 3.8) is 0 Å². The summed E-state index contributed by atoms with van der Waals surface area (Å²) >= 11 is 0. The van der Waals surface area contributed by atoms with Crippen molar-refractivity contribution in [3.05, 3.63) is 0 Å². The van der Waals surface area contributed by atoms with Crippen LogP contribution in [0.4, 0.5) is 8.78 Å². The monoisotopic (exact) mass is 146 g/mol. The molecule has 0 spiro atoms. The molecule has 1 fully saturated rings. The van der Waals surface area contributed by atoms with E-state index in [1.54, 1.807) is 0 Å². The fourth-order valence-electron chi connectivity index (χ4n) is 1.21. The van der Waals surface area contributed by atoms with Gasteiger partial charge in [0.1, 0.15) is 0 Å². The van der Waals surface area contributed by atoms with Crippen molar-refractivity contribution < 1.29 is 10.2 Å². The number of halogens is 2. The molecule has 0 unspecified atom stereocenters. The predicted octanol–water partition coefficient (Wildman–Crippen LogP) is 2.69. The lowest BCUT2D eigenvalue weighted by atomic mass is 9.87. The topological polar surface area (TPSA) is 0 Å². The highest BCUT2D eigenvalue weighted by atomic mass is 19.3. The number of terminal acetylenes is 1. The fraction of sp³-hybridized carbons (Fsp3) is 0.750. The Hall–Kier alpha value is -0.580. The van der Waals surface area contributed by atoms with Crippen LogP contribution in [0, 0.1) is 18.3 Å². The third kappa shape index (κ3) is 1.70. The lowest BCUT2D eigenvalue weighted by molar-refractivity contribution is -0.0402. The molecule has 0 atom stereocenters. The number of hydrogen-bond acceptors (Lipinski definition) is 0. The summed E-state index contributed by atoms with van der Waals surface area (Å²) in [6.45, 7) is 0. The van der Waals surface area contributed by atoms with Crippen LogP contribution in [0.2, 0.25) is 0 Å². The zero-order valence-corrected chi connectivity index (χ0v) is 5.74. The molecule has 1 saturated carbocycles. The van der Waals surface area contributed by atoms with Crippen LogP contribution in [0.15, 0.2) is 0 Å². The van der Waals surface area contributed by atoms with E-state index in [0.717, 1.165) is 0 Å². The molecular weight excluding hydrogens is 134 g/mol. The van der Waals surface area contributed by atoms with Gasteiger partial charge in [0, 0.05) is 20.2 Å². The average molecular weight is 146 g/mol. The molecule has 2 heteroatoms. The first-order valence-corrected chi connectivity index (χ1v) is 3.48. The molecule has 1 aliphatic rings. The Kier molecular flexibility index (Phi) is 1.94. The van der Waals surface area contributed by atoms with Crippen molar-refractivity contribution in [1.29, 1.82) is 0 Å². The smallest absolute Gasteiger partial charge is 0.207 e. The summed E-state index contributed by atoms with van der Waals surface area (Å²) in [6.07, 6.45) is 6.02. The van der Waals surface area contributed by atoms with Crippen LogP contribution in [0.5, 0.6) is 0 Å². The van der Waals surface area contributed by atoms with Gasteiger partial charge in [-0.1, -0.05) is 0 Å². The molecule has 1 rings (SSSR count). The Morgan fingerprint density at radius 3 is 2.30 bits per heavy atom. The highest BCUT2D eigenvalue weighted by Gasteiger charge is 2.33. The van der Waals surface area contributed by atoms with Crippen LogP contribution in [0.1, 0.15) is 27.1 Å². The first-order chi connectivity index (χ1) is 4.64. The summed E-state index contributed by atoms with van der Waals surface area (Å²) in [5.74, 6) is 0.168. The molecular formula is C8H12F2. The van der Waals surface area contributed by atoms with Crippen molar-refractivity contribution >= 4 is 0 Å². The number of alkyl halides is 2. The number of hydrogen-bond donors (Lipinski definition) is 0. The summed E-state index contributed by atoms with van der Waals surface area (Å²) in [5, 5.41) is 0. The maximum Gasteiger partial charge on any atom is 0.248 e. The summed E-state index contributed by atoms with van der Waals surface area (Å²) in [4.78, 5) is 0. The second kappa shape index (κ2) is 2.57. The van der Waals surface area contributed by atoms with E-state index in [2.05, 4.69) is 5.92 Å². The maximum atomic E-state index is 12.4. The van der Waals surface area contributed by atoms with Gasteiger partial charge in [-0.15, -0.1) is 12.3 Å². The molecule has 0 amide bonds. The molecule has 0 aromatic carbocycles. The Labute approximate surface area is 61.1 Å². The summed E-state index contributed by atoms with van der Waals surface area (Å²) in [5.41, 5.74) is 0. The fourth-order valence-corrected chi connectivity index (χ4v) is 1.21. The number of rotatable bonds is 0. The minimum absolute atomic E-state index is 0. The quantitative estimate of drug-likeness (QED) is 0.461. The van der Waals surface area contributed by atoms with Crippen LogP contribution >= 0.6 is 0 Å². The third-order valence-electron chi connectivity index (χ3n) is 1.95. The van der Waals surface area contributed by atoms with Gasteiger partial charge in [0.2, 0.25) is 5.92 Å². The van der Waals surface area contributed by atoms with Gasteiger partial charge in [0.05, 0.1) is 0 Å². The average Bonchev–Trinajstić information content (AvgIpc) is 1.88. The van der Waals surface area contributed by atoms with Gasteiger partial charge < -0.3 is 0 Å². The Balaban J connectivity index is 0.000001000. The van der Waals surface area contributed by atoms with Gasteiger partial charge in [-0.25, -0.2) is 8.78 Å². The van der Waals surface area contributed by atoms with Crippen LogP contribution in [-0.2, 0) is 0 Å². The van der Waals surface area contributed by atoms with E-state index in [-0.39, 0.29) is 20.2 Å². The summed E-state index contributed by atoms with van der Waals surface area (Å²) < 4.78 is 24.9. The van der Waals surface area contributed by atoms with Crippen LogP contribution in [0.3, 0.4) is 0 Å². The van der Waals surface area contributed by atoms with E-state index < -0.39 is 5.92 Å². The maximum absolute atomic E-state index is 12.4. The second-order valence-corrected chi connectivity index (χ2v) is 2.80. The molecule has 0 saturated heterocycles. The largest absolute Gasteiger partial charge is 0.248 e. The van der Waals surface area contributed by atoms with Gasteiger partial charge in [0.15, 0.2) is 0 Å². The third-order valence-corrected chi connectivity index (χ3v) is 1.95. The standard InChI is InChI=1S/C8H10F2.H2/c1-2-7-3-5-8(9,10)6-4-7;/h1,7H,3-6H2;1H. The molecule has 10 heavy (non-hydrogen) atoms.